The molecular weight excluding hydrogens is 218 g/mol. The van der Waals surface area contributed by atoms with E-state index in [2.05, 4.69) is 4.98 Å². The average molecular weight is 237 g/mol. The van der Waals surface area contributed by atoms with Gasteiger partial charge in [-0.1, -0.05) is 0 Å². The fraction of sp³-hybridized carbons (Fsp3) is 0.667. The summed E-state index contributed by atoms with van der Waals surface area (Å²) in [4.78, 5) is 15.8. The van der Waals surface area contributed by atoms with Gasteiger partial charge in [0.1, 0.15) is 11.7 Å². The van der Waals surface area contributed by atoms with E-state index in [0.717, 1.165) is 25.0 Å². The summed E-state index contributed by atoms with van der Waals surface area (Å²) < 4.78 is 1.96. The SMILES string of the molecule is Cn1c(C(CCN)C(=O)O)nc2c1CCCC2. The molecule has 0 saturated heterocycles. The molecule has 0 amide bonds. The molecule has 2 rings (SSSR count). The largest absolute Gasteiger partial charge is 0.481 e. The second-order valence-electron chi connectivity index (χ2n) is 4.60. The number of carboxylic acids is 1. The summed E-state index contributed by atoms with van der Waals surface area (Å²) >= 11 is 0. The molecule has 1 heterocycles. The van der Waals surface area contributed by atoms with Crippen LogP contribution < -0.4 is 5.73 Å². The van der Waals surface area contributed by atoms with Crippen LogP contribution in [0.2, 0.25) is 0 Å². The Bertz CT molecular complexity index is 426. The summed E-state index contributed by atoms with van der Waals surface area (Å²) in [6, 6.07) is 0. The second-order valence-corrected chi connectivity index (χ2v) is 4.60. The monoisotopic (exact) mass is 237 g/mol. The van der Waals surface area contributed by atoms with E-state index in [9.17, 15) is 9.90 Å². The molecule has 1 unspecified atom stereocenters. The smallest absolute Gasteiger partial charge is 0.314 e. The van der Waals surface area contributed by atoms with Gasteiger partial charge in [0.05, 0.1) is 5.69 Å². The Hall–Kier alpha value is -1.36. The van der Waals surface area contributed by atoms with E-state index in [1.807, 2.05) is 11.6 Å². The Morgan fingerprint density at radius 2 is 2.24 bits per heavy atom. The Balaban J connectivity index is 2.36. The Kier molecular flexibility index (Phi) is 3.47. The zero-order valence-corrected chi connectivity index (χ0v) is 10.1. The first-order chi connectivity index (χ1) is 8.15. The molecule has 3 N–H and O–H groups in total. The van der Waals surface area contributed by atoms with Crippen LogP contribution in [0.5, 0.6) is 0 Å². The molecule has 0 aromatic carbocycles. The molecule has 94 valence electrons. The highest BCUT2D eigenvalue weighted by Crippen LogP contribution is 2.26. The third-order valence-electron chi connectivity index (χ3n) is 3.47. The first-order valence-corrected chi connectivity index (χ1v) is 6.12. The number of hydrogen-bond donors (Lipinski definition) is 2. The van der Waals surface area contributed by atoms with Crippen LogP contribution in [-0.4, -0.2) is 27.2 Å². The lowest BCUT2D eigenvalue weighted by Gasteiger charge is -2.13. The van der Waals surface area contributed by atoms with Crippen molar-refractivity contribution in [3.63, 3.8) is 0 Å². The maximum atomic E-state index is 11.2. The molecule has 0 saturated carbocycles. The van der Waals surface area contributed by atoms with Gasteiger partial charge in [0, 0.05) is 12.7 Å². The number of aromatic nitrogens is 2. The molecule has 5 heteroatoms. The highest BCUT2D eigenvalue weighted by Gasteiger charge is 2.27. The van der Waals surface area contributed by atoms with Crippen LogP contribution in [0.15, 0.2) is 0 Å². The van der Waals surface area contributed by atoms with E-state index in [0.29, 0.717) is 18.8 Å². The molecule has 1 atom stereocenters. The number of nitrogens with two attached hydrogens (primary N) is 1. The third kappa shape index (κ3) is 2.20. The number of nitrogens with zero attached hydrogens (tertiary/aromatic N) is 2. The van der Waals surface area contributed by atoms with Crippen LogP contribution in [0.25, 0.3) is 0 Å². The van der Waals surface area contributed by atoms with Crippen LogP contribution in [0, 0.1) is 0 Å². The maximum Gasteiger partial charge on any atom is 0.314 e. The van der Waals surface area contributed by atoms with Crippen LogP contribution in [0.3, 0.4) is 0 Å². The number of imidazole rings is 1. The van der Waals surface area contributed by atoms with E-state index in [1.165, 1.54) is 12.1 Å². The van der Waals surface area contributed by atoms with Gasteiger partial charge in [-0.25, -0.2) is 4.98 Å². The lowest BCUT2D eigenvalue weighted by molar-refractivity contribution is -0.139. The molecular formula is C12H19N3O2. The number of rotatable bonds is 4. The van der Waals surface area contributed by atoms with Gasteiger partial charge in [-0.05, 0) is 38.6 Å². The van der Waals surface area contributed by atoms with Gasteiger partial charge in [-0.2, -0.15) is 0 Å². The average Bonchev–Trinajstić information content (AvgIpc) is 2.64. The minimum absolute atomic E-state index is 0.370. The molecule has 0 bridgehead atoms. The van der Waals surface area contributed by atoms with E-state index < -0.39 is 11.9 Å². The standard InChI is InChI=1S/C12H19N3O2/c1-15-10-5-3-2-4-9(10)14-11(15)8(6-7-13)12(16)17/h8H,2-7,13H2,1H3,(H,16,17). The van der Waals surface area contributed by atoms with Crippen molar-refractivity contribution < 1.29 is 9.90 Å². The molecule has 1 aromatic rings. The van der Waals surface area contributed by atoms with Gasteiger partial charge in [0.2, 0.25) is 0 Å². The molecule has 5 nitrogen and oxygen atoms in total. The Labute approximate surface area is 101 Å². The van der Waals surface area contributed by atoms with Crippen molar-refractivity contribution in [2.45, 2.75) is 38.0 Å². The summed E-state index contributed by atoms with van der Waals surface area (Å²) in [5.41, 5.74) is 7.76. The van der Waals surface area contributed by atoms with Crippen LogP contribution in [0.1, 0.15) is 42.4 Å². The van der Waals surface area contributed by atoms with Crippen LogP contribution in [0.4, 0.5) is 0 Å². The molecule has 1 aliphatic carbocycles. The summed E-state index contributed by atoms with van der Waals surface area (Å²) in [6.07, 6.45) is 4.74. The van der Waals surface area contributed by atoms with Gasteiger partial charge >= 0.3 is 5.97 Å². The number of hydrogen-bond acceptors (Lipinski definition) is 3. The molecule has 0 radical (unpaired) electrons. The summed E-state index contributed by atoms with van der Waals surface area (Å²) in [7, 11) is 1.92. The number of carbonyl (C=O) groups is 1. The molecule has 0 spiro atoms. The summed E-state index contributed by atoms with van der Waals surface area (Å²) in [5.74, 6) is -0.744. The zero-order valence-electron chi connectivity index (χ0n) is 10.1. The van der Waals surface area contributed by atoms with E-state index in [1.54, 1.807) is 0 Å². The fourth-order valence-corrected chi connectivity index (χ4v) is 2.55. The highest BCUT2D eigenvalue weighted by atomic mass is 16.4. The number of aryl methyl sites for hydroxylation is 1. The van der Waals surface area contributed by atoms with Crippen molar-refractivity contribution in [2.24, 2.45) is 12.8 Å². The molecule has 0 aliphatic heterocycles. The van der Waals surface area contributed by atoms with E-state index >= 15 is 0 Å². The zero-order chi connectivity index (χ0) is 12.4. The van der Waals surface area contributed by atoms with Crippen LogP contribution >= 0.6 is 0 Å². The number of fused-ring (bicyclic) bond motifs is 1. The first-order valence-electron chi connectivity index (χ1n) is 6.12. The van der Waals surface area contributed by atoms with E-state index in [4.69, 9.17) is 5.73 Å². The molecule has 1 aliphatic rings. The first kappa shape index (κ1) is 12.1. The van der Waals surface area contributed by atoms with Gasteiger partial charge < -0.3 is 15.4 Å². The maximum absolute atomic E-state index is 11.2. The quantitative estimate of drug-likeness (QED) is 0.812. The van der Waals surface area contributed by atoms with Crippen molar-refractivity contribution in [3.05, 3.63) is 17.2 Å². The predicted octanol–water partition coefficient (Wildman–Crippen LogP) is 0.816. The Morgan fingerprint density at radius 1 is 1.53 bits per heavy atom. The van der Waals surface area contributed by atoms with Crippen LogP contribution in [-0.2, 0) is 24.7 Å². The fourth-order valence-electron chi connectivity index (χ4n) is 2.55. The van der Waals surface area contributed by atoms with E-state index in [-0.39, 0.29) is 0 Å². The minimum Gasteiger partial charge on any atom is -0.481 e. The van der Waals surface area contributed by atoms with Gasteiger partial charge in [-0.15, -0.1) is 0 Å². The number of carboxylic acid groups (broad SMARTS) is 1. The summed E-state index contributed by atoms with van der Waals surface area (Å²) in [5, 5.41) is 9.23. The van der Waals surface area contributed by atoms with Crippen molar-refractivity contribution in [2.75, 3.05) is 6.54 Å². The van der Waals surface area contributed by atoms with Crippen molar-refractivity contribution in [1.29, 1.82) is 0 Å². The molecule has 1 aromatic heterocycles. The predicted molar refractivity (Wildman–Crippen MR) is 63.9 cm³/mol. The van der Waals surface area contributed by atoms with Gasteiger partial charge in [0.15, 0.2) is 0 Å². The normalized spacial score (nSPS) is 16.6. The van der Waals surface area contributed by atoms with Crippen molar-refractivity contribution in [3.8, 4) is 0 Å². The lowest BCUT2D eigenvalue weighted by Crippen LogP contribution is -2.20. The van der Waals surface area contributed by atoms with Crippen molar-refractivity contribution in [1.82, 2.24) is 9.55 Å². The third-order valence-corrected chi connectivity index (χ3v) is 3.47. The highest BCUT2D eigenvalue weighted by molar-refractivity contribution is 5.75. The minimum atomic E-state index is -0.833. The van der Waals surface area contributed by atoms with Gasteiger partial charge in [-0.3, -0.25) is 4.79 Å². The molecule has 0 fully saturated rings. The van der Waals surface area contributed by atoms with Crippen molar-refractivity contribution >= 4 is 5.97 Å². The summed E-state index contributed by atoms with van der Waals surface area (Å²) in [6.45, 7) is 0.370. The topological polar surface area (TPSA) is 81.1 Å². The Morgan fingerprint density at radius 3 is 2.82 bits per heavy atom. The number of aliphatic carboxylic acids is 1. The molecule has 17 heavy (non-hydrogen) atoms. The second kappa shape index (κ2) is 4.87. The van der Waals surface area contributed by atoms with Gasteiger partial charge in [0.25, 0.3) is 0 Å². The lowest BCUT2D eigenvalue weighted by atomic mass is 10.0.